The summed E-state index contributed by atoms with van der Waals surface area (Å²) in [5.74, 6) is 0.385. The number of rotatable bonds is 4. The third kappa shape index (κ3) is 15.9. The minimum absolute atomic E-state index is 0.385. The molecule has 90 valence electrons. The first-order chi connectivity index (χ1) is 7.17. The van der Waals surface area contributed by atoms with Crippen molar-refractivity contribution in [2.45, 2.75) is 41.0 Å². The number of allylic oxidation sites excluding steroid dienone is 3. The summed E-state index contributed by atoms with van der Waals surface area (Å²) in [6.07, 6.45) is 6.76. The van der Waals surface area contributed by atoms with E-state index in [0.29, 0.717) is 12.5 Å². The summed E-state index contributed by atoms with van der Waals surface area (Å²) in [4.78, 5) is 0. The fraction of sp³-hybridized carbons (Fsp3) is 0.571. The molecule has 0 amide bonds. The van der Waals surface area contributed by atoms with E-state index in [1.165, 1.54) is 6.42 Å². The van der Waals surface area contributed by atoms with Gasteiger partial charge in [-0.1, -0.05) is 72.4 Å². The molecule has 0 spiro atoms. The van der Waals surface area contributed by atoms with Gasteiger partial charge in [0, 0.05) is 0 Å². The molecule has 0 saturated carbocycles. The van der Waals surface area contributed by atoms with E-state index >= 15 is 0 Å². The molecule has 0 rings (SSSR count). The van der Waals surface area contributed by atoms with E-state index in [2.05, 4.69) is 33.9 Å². The van der Waals surface area contributed by atoms with E-state index < -0.39 is 0 Å². The summed E-state index contributed by atoms with van der Waals surface area (Å²) in [5, 5.41) is 0. The van der Waals surface area contributed by atoms with Crippen LogP contribution in [0.5, 0.6) is 0 Å². The van der Waals surface area contributed by atoms with Gasteiger partial charge >= 0.3 is 0 Å². The summed E-state index contributed by atoms with van der Waals surface area (Å²) in [6.45, 7) is 18.3. The smallest absolute Gasteiger partial charge is 0.00109 e. The molecule has 0 heterocycles. The quantitative estimate of drug-likeness (QED) is 0.688. The monoisotopic (exact) mass is 211 g/mol. The number of hydrogen-bond acceptors (Lipinski definition) is 1. The second-order valence-corrected chi connectivity index (χ2v) is 2.95. The van der Waals surface area contributed by atoms with Crippen molar-refractivity contribution in [3.8, 4) is 0 Å². The van der Waals surface area contributed by atoms with E-state index in [1.54, 1.807) is 6.08 Å². The molecule has 15 heavy (non-hydrogen) atoms. The maximum Gasteiger partial charge on any atom is -0.00109 e. The maximum absolute atomic E-state index is 5.46. The normalized spacial score (nSPS) is 11.2. The van der Waals surface area contributed by atoms with Crippen molar-refractivity contribution < 1.29 is 0 Å². The van der Waals surface area contributed by atoms with Crippen LogP contribution in [0.25, 0.3) is 0 Å². The predicted octanol–water partition coefficient (Wildman–Crippen LogP) is 4.32. The third-order valence-electron chi connectivity index (χ3n) is 1.47. The van der Waals surface area contributed by atoms with E-state index in [-0.39, 0.29) is 0 Å². The second kappa shape index (κ2) is 18.9. The minimum Gasteiger partial charge on any atom is -0.330 e. The van der Waals surface area contributed by atoms with E-state index in [1.807, 2.05) is 26.0 Å². The Hall–Kier alpha value is -0.820. The molecule has 1 nitrogen and oxygen atoms in total. The summed E-state index contributed by atoms with van der Waals surface area (Å²) in [5.41, 5.74) is 6.61. The Bertz CT molecular complexity index is 157. The van der Waals surface area contributed by atoms with Crippen molar-refractivity contribution in [1.82, 2.24) is 0 Å². The lowest BCUT2D eigenvalue weighted by molar-refractivity contribution is 0.710. The van der Waals surface area contributed by atoms with Crippen LogP contribution in [0.4, 0.5) is 0 Å². The molecule has 0 aromatic carbocycles. The highest BCUT2D eigenvalue weighted by molar-refractivity contribution is 5.23. The van der Waals surface area contributed by atoms with E-state index in [4.69, 9.17) is 5.73 Å². The zero-order valence-electron chi connectivity index (χ0n) is 11.2. The van der Waals surface area contributed by atoms with Crippen molar-refractivity contribution >= 4 is 0 Å². The molecule has 1 unspecified atom stereocenters. The first-order valence-corrected chi connectivity index (χ1v) is 5.82. The Morgan fingerprint density at radius 2 is 1.67 bits per heavy atom. The molecule has 2 N–H and O–H groups in total. The molecule has 0 aliphatic carbocycles. The molecule has 0 fully saturated rings. The number of hydrogen-bond donors (Lipinski definition) is 1. The van der Waals surface area contributed by atoms with Crippen LogP contribution in [0.3, 0.4) is 0 Å². The van der Waals surface area contributed by atoms with E-state index in [0.717, 1.165) is 5.57 Å². The highest BCUT2D eigenvalue weighted by Crippen LogP contribution is 2.09. The Kier molecular flexibility index (Phi) is 24.8. The van der Waals surface area contributed by atoms with Crippen LogP contribution in [-0.4, -0.2) is 6.54 Å². The SMILES string of the molecule is C=C/C=C(\C=C)C(C)CN.CC.CCC. The first kappa shape index (κ1) is 19.7. The van der Waals surface area contributed by atoms with Gasteiger partial charge in [0.1, 0.15) is 0 Å². The van der Waals surface area contributed by atoms with Gasteiger partial charge in [-0.15, -0.1) is 0 Å². The zero-order valence-corrected chi connectivity index (χ0v) is 11.2. The summed E-state index contributed by atoms with van der Waals surface area (Å²) in [7, 11) is 0. The summed E-state index contributed by atoms with van der Waals surface area (Å²) < 4.78 is 0. The molecular formula is C14H29N. The number of nitrogens with two attached hydrogens (primary N) is 1. The van der Waals surface area contributed by atoms with Gasteiger partial charge in [-0.2, -0.15) is 0 Å². The van der Waals surface area contributed by atoms with Crippen molar-refractivity contribution in [3.63, 3.8) is 0 Å². The van der Waals surface area contributed by atoms with Crippen LogP contribution < -0.4 is 5.73 Å². The van der Waals surface area contributed by atoms with Crippen LogP contribution in [0, 0.1) is 5.92 Å². The topological polar surface area (TPSA) is 26.0 Å². The van der Waals surface area contributed by atoms with Gasteiger partial charge < -0.3 is 5.73 Å². The van der Waals surface area contributed by atoms with Crippen molar-refractivity contribution in [2.24, 2.45) is 11.7 Å². The van der Waals surface area contributed by atoms with Gasteiger partial charge in [0.25, 0.3) is 0 Å². The minimum atomic E-state index is 0.385. The Morgan fingerprint density at radius 1 is 1.27 bits per heavy atom. The fourth-order valence-corrected chi connectivity index (χ4v) is 0.706. The maximum atomic E-state index is 5.46. The van der Waals surface area contributed by atoms with Gasteiger partial charge in [0.15, 0.2) is 0 Å². The molecule has 0 radical (unpaired) electrons. The standard InChI is InChI=1S/C9H15N.C3H8.C2H6/c1-4-6-9(5-2)8(3)7-10;1-3-2;1-2/h4-6,8H,1-2,7,10H2,3H3;3H2,1-2H3;1-2H3/b9-6+;;. The molecule has 0 aliphatic heterocycles. The fourth-order valence-electron chi connectivity index (χ4n) is 0.706. The van der Waals surface area contributed by atoms with Crippen LogP contribution in [0.2, 0.25) is 0 Å². The van der Waals surface area contributed by atoms with Gasteiger partial charge in [-0.3, -0.25) is 0 Å². The molecule has 0 aromatic heterocycles. The largest absolute Gasteiger partial charge is 0.330 e. The van der Waals surface area contributed by atoms with Gasteiger partial charge in [0.2, 0.25) is 0 Å². The Morgan fingerprint density at radius 3 is 1.87 bits per heavy atom. The lowest BCUT2D eigenvalue weighted by Crippen LogP contribution is -2.11. The molecule has 0 aromatic rings. The molecule has 0 aliphatic rings. The molecule has 0 saturated heterocycles. The lowest BCUT2D eigenvalue weighted by Gasteiger charge is -2.07. The third-order valence-corrected chi connectivity index (χ3v) is 1.47. The lowest BCUT2D eigenvalue weighted by atomic mass is 10.0. The van der Waals surface area contributed by atoms with Crippen LogP contribution in [-0.2, 0) is 0 Å². The van der Waals surface area contributed by atoms with Crippen molar-refractivity contribution in [3.05, 3.63) is 37.0 Å². The van der Waals surface area contributed by atoms with Gasteiger partial charge in [0.05, 0.1) is 0 Å². The molecular weight excluding hydrogens is 182 g/mol. The summed E-state index contributed by atoms with van der Waals surface area (Å²) >= 11 is 0. The average molecular weight is 211 g/mol. The van der Waals surface area contributed by atoms with Gasteiger partial charge in [-0.25, -0.2) is 0 Å². The van der Waals surface area contributed by atoms with Crippen molar-refractivity contribution in [1.29, 1.82) is 0 Å². The van der Waals surface area contributed by atoms with Crippen LogP contribution in [0.15, 0.2) is 37.0 Å². The highest BCUT2D eigenvalue weighted by atomic mass is 14.5. The Balaban J connectivity index is -0.000000245. The highest BCUT2D eigenvalue weighted by Gasteiger charge is 1.99. The molecule has 1 heteroatoms. The predicted molar refractivity (Wildman–Crippen MR) is 74.0 cm³/mol. The average Bonchev–Trinajstić information content (AvgIpc) is 2.28. The molecule has 1 atom stereocenters. The van der Waals surface area contributed by atoms with Gasteiger partial charge in [-0.05, 0) is 18.0 Å². The summed E-state index contributed by atoms with van der Waals surface area (Å²) in [6, 6.07) is 0. The zero-order chi connectivity index (χ0) is 12.7. The van der Waals surface area contributed by atoms with Crippen molar-refractivity contribution in [2.75, 3.05) is 6.54 Å². The second-order valence-electron chi connectivity index (χ2n) is 2.95. The molecule has 0 bridgehead atoms. The first-order valence-electron chi connectivity index (χ1n) is 5.82. The Labute approximate surface area is 96.8 Å². The van der Waals surface area contributed by atoms with Crippen LogP contribution in [0.1, 0.15) is 41.0 Å². The van der Waals surface area contributed by atoms with Crippen LogP contribution >= 0.6 is 0 Å². The van der Waals surface area contributed by atoms with E-state index in [9.17, 15) is 0 Å².